The molecule has 0 bridgehead atoms. The summed E-state index contributed by atoms with van der Waals surface area (Å²) in [5.41, 5.74) is 1.14. The number of carbonyl (C=O) groups excluding carboxylic acids is 1. The van der Waals surface area contributed by atoms with E-state index in [0.29, 0.717) is 29.5 Å². The second-order valence-corrected chi connectivity index (χ2v) is 9.25. The number of benzene rings is 2. The van der Waals surface area contributed by atoms with E-state index < -0.39 is 10.0 Å². The lowest BCUT2D eigenvalue weighted by Crippen LogP contribution is -2.32. The highest BCUT2D eigenvalue weighted by Crippen LogP contribution is 2.31. The van der Waals surface area contributed by atoms with E-state index in [0.717, 1.165) is 16.1 Å². The molecule has 0 aliphatic carbocycles. The Labute approximate surface area is 186 Å². The van der Waals surface area contributed by atoms with Crippen molar-refractivity contribution in [2.24, 2.45) is 0 Å². The summed E-state index contributed by atoms with van der Waals surface area (Å²) >= 11 is 12.1. The van der Waals surface area contributed by atoms with E-state index >= 15 is 0 Å². The van der Waals surface area contributed by atoms with Gasteiger partial charge in [0.05, 0.1) is 31.2 Å². The Morgan fingerprint density at radius 3 is 2.40 bits per heavy atom. The highest BCUT2D eigenvalue weighted by molar-refractivity contribution is 7.92. The molecule has 0 unspecified atom stereocenters. The number of amides is 1. The zero-order valence-corrected chi connectivity index (χ0v) is 19.3. The molecule has 0 aromatic heterocycles. The second kappa shape index (κ2) is 10.7. The molecule has 0 radical (unpaired) electrons. The number of anilines is 1. The quantitative estimate of drug-likeness (QED) is 0.564. The molecule has 30 heavy (non-hydrogen) atoms. The molecule has 1 amide bonds. The maximum Gasteiger partial charge on any atom is 0.232 e. The lowest BCUT2D eigenvalue weighted by Gasteiger charge is -2.23. The average Bonchev–Trinajstić information content (AvgIpc) is 2.70. The Morgan fingerprint density at radius 1 is 1.07 bits per heavy atom. The summed E-state index contributed by atoms with van der Waals surface area (Å²) < 4.78 is 36.0. The van der Waals surface area contributed by atoms with Crippen molar-refractivity contribution in [3.8, 4) is 11.5 Å². The molecule has 2 aromatic carbocycles. The lowest BCUT2D eigenvalue weighted by molar-refractivity contribution is -0.121. The summed E-state index contributed by atoms with van der Waals surface area (Å²) in [4.78, 5) is 12.2. The smallest absolute Gasteiger partial charge is 0.232 e. The molecule has 0 heterocycles. The number of methoxy groups -OCH3 is 2. The predicted molar refractivity (Wildman–Crippen MR) is 119 cm³/mol. The van der Waals surface area contributed by atoms with Crippen molar-refractivity contribution in [3.05, 3.63) is 52.0 Å². The number of nitrogens with zero attached hydrogens (tertiary/aromatic N) is 1. The maximum absolute atomic E-state index is 12.2. The van der Waals surface area contributed by atoms with Crippen LogP contribution in [0.15, 0.2) is 36.4 Å². The van der Waals surface area contributed by atoms with Gasteiger partial charge in [-0.05, 0) is 42.3 Å². The molecule has 2 aromatic rings. The first-order chi connectivity index (χ1) is 14.2. The molecule has 0 aliphatic heterocycles. The molecule has 0 atom stereocenters. The van der Waals surface area contributed by atoms with Crippen LogP contribution in [0.4, 0.5) is 5.69 Å². The molecule has 1 N–H and O–H groups in total. The van der Waals surface area contributed by atoms with Gasteiger partial charge < -0.3 is 14.8 Å². The monoisotopic (exact) mass is 474 g/mol. The highest BCUT2D eigenvalue weighted by Gasteiger charge is 2.20. The van der Waals surface area contributed by atoms with Crippen molar-refractivity contribution in [1.82, 2.24) is 5.32 Å². The number of nitrogens with one attached hydrogen (secondary N) is 1. The van der Waals surface area contributed by atoms with Gasteiger partial charge in [0.2, 0.25) is 15.9 Å². The van der Waals surface area contributed by atoms with E-state index in [4.69, 9.17) is 32.7 Å². The Balaban J connectivity index is 1.94. The van der Waals surface area contributed by atoms with Gasteiger partial charge in [0.1, 0.15) is 0 Å². The first-order valence-electron chi connectivity index (χ1n) is 9.06. The van der Waals surface area contributed by atoms with Crippen molar-refractivity contribution < 1.29 is 22.7 Å². The molecule has 164 valence electrons. The molecule has 2 rings (SSSR count). The number of sulfonamides is 1. The fraction of sp³-hybridized carbons (Fsp3) is 0.350. The largest absolute Gasteiger partial charge is 0.493 e. The summed E-state index contributed by atoms with van der Waals surface area (Å²) in [6.07, 6.45) is 1.55. The van der Waals surface area contributed by atoms with Crippen molar-refractivity contribution in [2.75, 3.05) is 31.3 Å². The molecule has 10 heteroatoms. The normalized spacial score (nSPS) is 11.1. The van der Waals surface area contributed by atoms with E-state index in [1.54, 1.807) is 32.4 Å². The van der Waals surface area contributed by atoms with Crippen LogP contribution in [0.2, 0.25) is 10.0 Å². The van der Waals surface area contributed by atoms with Gasteiger partial charge in [0.15, 0.2) is 11.5 Å². The summed E-state index contributed by atoms with van der Waals surface area (Å²) in [6.45, 7) is 0.414. The fourth-order valence-electron chi connectivity index (χ4n) is 2.80. The van der Waals surface area contributed by atoms with Gasteiger partial charge in [-0.3, -0.25) is 9.10 Å². The van der Waals surface area contributed by atoms with Gasteiger partial charge in [0.25, 0.3) is 0 Å². The minimum absolute atomic E-state index is 0.0999. The van der Waals surface area contributed by atoms with Crippen LogP contribution in [0.1, 0.15) is 18.4 Å². The second-order valence-electron chi connectivity index (χ2n) is 6.50. The summed E-state index contributed by atoms with van der Waals surface area (Å²) in [5.74, 6) is 0.981. The number of hydrogen-bond donors (Lipinski definition) is 1. The van der Waals surface area contributed by atoms with Gasteiger partial charge >= 0.3 is 0 Å². The van der Waals surface area contributed by atoms with E-state index in [1.165, 1.54) is 12.1 Å². The highest BCUT2D eigenvalue weighted by atomic mass is 35.5. The minimum Gasteiger partial charge on any atom is -0.493 e. The van der Waals surface area contributed by atoms with Crippen molar-refractivity contribution in [1.29, 1.82) is 0 Å². The van der Waals surface area contributed by atoms with Crippen LogP contribution in [0.25, 0.3) is 0 Å². The molecule has 0 saturated heterocycles. The average molecular weight is 475 g/mol. The zero-order valence-electron chi connectivity index (χ0n) is 16.9. The molecular weight excluding hydrogens is 451 g/mol. The van der Waals surface area contributed by atoms with Crippen LogP contribution >= 0.6 is 23.2 Å². The van der Waals surface area contributed by atoms with Crippen LogP contribution in [0.3, 0.4) is 0 Å². The molecule has 0 spiro atoms. The van der Waals surface area contributed by atoms with Crippen molar-refractivity contribution in [2.45, 2.75) is 19.4 Å². The van der Waals surface area contributed by atoms with Crippen molar-refractivity contribution in [3.63, 3.8) is 0 Å². The van der Waals surface area contributed by atoms with E-state index in [2.05, 4.69) is 5.32 Å². The van der Waals surface area contributed by atoms with E-state index in [1.807, 2.05) is 6.07 Å². The molecule has 0 aliphatic rings. The van der Waals surface area contributed by atoms with Crippen molar-refractivity contribution >= 4 is 44.8 Å². The van der Waals surface area contributed by atoms with Crippen LogP contribution < -0.4 is 19.1 Å². The number of hydrogen-bond acceptors (Lipinski definition) is 5. The first-order valence-corrected chi connectivity index (χ1v) is 11.7. The van der Waals surface area contributed by atoms with Gasteiger partial charge in [0, 0.05) is 24.5 Å². The zero-order chi connectivity index (χ0) is 22.3. The first kappa shape index (κ1) is 24.1. The van der Waals surface area contributed by atoms with E-state index in [-0.39, 0.29) is 29.6 Å². The molecule has 0 saturated carbocycles. The number of halogens is 2. The molecule has 0 fully saturated rings. The number of carbonyl (C=O) groups is 1. The predicted octanol–water partition coefficient (Wildman–Crippen LogP) is 3.87. The van der Waals surface area contributed by atoms with Gasteiger partial charge in [-0.25, -0.2) is 8.42 Å². The third-order valence-electron chi connectivity index (χ3n) is 4.28. The summed E-state index contributed by atoms with van der Waals surface area (Å²) in [7, 11) is -0.499. The van der Waals surface area contributed by atoms with Crippen LogP contribution in [-0.4, -0.2) is 41.3 Å². The standard InChI is InChI=1S/C20H24Cl2N2O5S/c1-28-18-9-6-14(11-19(18)29-2)13-23-20(25)5-4-10-24(30(3,26)27)17-12-15(21)7-8-16(17)22/h6-9,11-12H,4-5,10,13H2,1-3H3,(H,23,25). The minimum atomic E-state index is -3.59. The summed E-state index contributed by atoms with van der Waals surface area (Å²) in [5, 5.41) is 3.45. The Hall–Kier alpha value is -2.16. The maximum atomic E-state index is 12.2. The fourth-order valence-corrected chi connectivity index (χ4v) is 4.21. The third-order valence-corrected chi connectivity index (χ3v) is 6.01. The third kappa shape index (κ3) is 6.68. The van der Waals surface area contributed by atoms with E-state index in [9.17, 15) is 13.2 Å². The molecule has 7 nitrogen and oxygen atoms in total. The van der Waals surface area contributed by atoms with Crippen LogP contribution in [0, 0.1) is 0 Å². The number of ether oxygens (including phenoxy) is 2. The van der Waals surface area contributed by atoms with Crippen LogP contribution in [-0.2, 0) is 21.4 Å². The Kier molecular flexibility index (Phi) is 8.64. The number of rotatable bonds is 10. The van der Waals surface area contributed by atoms with Gasteiger partial charge in [-0.2, -0.15) is 0 Å². The van der Waals surface area contributed by atoms with Gasteiger partial charge in [-0.15, -0.1) is 0 Å². The lowest BCUT2D eigenvalue weighted by atomic mass is 10.2. The van der Waals surface area contributed by atoms with Gasteiger partial charge in [-0.1, -0.05) is 29.3 Å². The summed E-state index contributed by atoms with van der Waals surface area (Å²) in [6, 6.07) is 9.98. The topological polar surface area (TPSA) is 84.9 Å². The Morgan fingerprint density at radius 2 is 1.77 bits per heavy atom. The SMILES string of the molecule is COc1ccc(CNC(=O)CCCN(c2cc(Cl)ccc2Cl)S(C)(=O)=O)cc1OC. The van der Waals surface area contributed by atoms with Crippen LogP contribution in [0.5, 0.6) is 11.5 Å². The molecular formula is C20H24Cl2N2O5S. The Bertz CT molecular complexity index is 999.